The summed E-state index contributed by atoms with van der Waals surface area (Å²) in [7, 11) is 0. The summed E-state index contributed by atoms with van der Waals surface area (Å²) in [4.78, 5) is 19.4. The first-order valence-electron chi connectivity index (χ1n) is 6.28. The van der Waals surface area contributed by atoms with E-state index in [9.17, 15) is 15.0 Å². The minimum Gasteiger partial charge on any atom is -0.504 e. The van der Waals surface area contributed by atoms with Crippen LogP contribution in [0.1, 0.15) is 5.56 Å². The van der Waals surface area contributed by atoms with Crippen molar-refractivity contribution in [1.82, 2.24) is 9.97 Å². The molecule has 0 aliphatic carbocycles. The molecular weight excluding hydrogens is 288 g/mol. The number of carbonyl (C=O) groups is 1. The number of para-hydroxylation sites is 2. The number of benzene rings is 2. The molecular formula is C15H12N2O3S. The van der Waals surface area contributed by atoms with Crippen LogP contribution in [0.2, 0.25) is 0 Å². The minimum atomic E-state index is -0.228. The van der Waals surface area contributed by atoms with Gasteiger partial charge in [-0.15, -0.1) is 0 Å². The van der Waals surface area contributed by atoms with Gasteiger partial charge in [-0.3, -0.25) is 4.79 Å². The Morgan fingerprint density at radius 3 is 2.71 bits per heavy atom. The first-order chi connectivity index (χ1) is 10.1. The normalized spacial score (nSPS) is 10.9. The predicted octanol–water partition coefficient (Wildman–Crippen LogP) is 2.84. The number of hydrogen-bond acceptors (Lipinski definition) is 5. The summed E-state index contributed by atoms with van der Waals surface area (Å²) in [6.07, 6.45) is 0.148. The molecule has 6 heteroatoms. The number of nitrogens with one attached hydrogen (secondary N) is 1. The van der Waals surface area contributed by atoms with Gasteiger partial charge in [0.05, 0.1) is 11.0 Å². The number of fused-ring (bicyclic) bond motifs is 1. The van der Waals surface area contributed by atoms with Crippen LogP contribution in [0.15, 0.2) is 47.6 Å². The highest BCUT2D eigenvalue weighted by Gasteiger charge is 2.11. The lowest BCUT2D eigenvalue weighted by Crippen LogP contribution is -1.97. The van der Waals surface area contributed by atoms with Crippen LogP contribution < -0.4 is 0 Å². The number of thioether (sulfide) groups is 1. The van der Waals surface area contributed by atoms with Crippen molar-refractivity contribution < 1.29 is 15.0 Å². The number of carbonyl (C=O) groups excluding carboxylic acids is 1. The Bertz CT molecular complexity index is 781. The van der Waals surface area contributed by atoms with Gasteiger partial charge >= 0.3 is 0 Å². The standard InChI is InChI=1S/C15H12N2O3S/c18-12-6-5-9(7-13(12)19)8-14(20)21-15-16-10-3-1-2-4-11(10)17-15/h1-7,18-19H,8H2,(H,16,17). The summed E-state index contributed by atoms with van der Waals surface area (Å²) in [6.45, 7) is 0. The zero-order valence-corrected chi connectivity index (χ0v) is 11.7. The molecule has 0 radical (unpaired) electrons. The topological polar surface area (TPSA) is 86.2 Å². The van der Waals surface area contributed by atoms with Gasteiger partial charge in [0, 0.05) is 6.42 Å². The molecule has 0 fully saturated rings. The molecule has 5 nitrogen and oxygen atoms in total. The second kappa shape index (κ2) is 5.49. The third kappa shape index (κ3) is 3.00. The Morgan fingerprint density at radius 2 is 1.95 bits per heavy atom. The Hall–Kier alpha value is -2.47. The highest BCUT2D eigenvalue weighted by molar-refractivity contribution is 8.13. The third-order valence-corrected chi connectivity index (χ3v) is 3.73. The summed E-state index contributed by atoms with van der Waals surface area (Å²) in [5.41, 5.74) is 2.34. The fourth-order valence-corrected chi connectivity index (χ4v) is 2.73. The molecule has 106 valence electrons. The molecule has 0 saturated heterocycles. The minimum absolute atomic E-state index is 0.0980. The first kappa shape index (κ1) is 13.5. The molecule has 21 heavy (non-hydrogen) atoms. The van der Waals surface area contributed by atoms with E-state index in [1.807, 2.05) is 24.3 Å². The SMILES string of the molecule is O=C(Cc1ccc(O)c(O)c1)Sc1nc2ccccc2[nH]1. The van der Waals surface area contributed by atoms with E-state index in [1.165, 1.54) is 12.1 Å². The Kier molecular flexibility index (Phi) is 3.53. The average Bonchev–Trinajstić information content (AvgIpc) is 2.84. The van der Waals surface area contributed by atoms with Gasteiger partial charge in [0.2, 0.25) is 5.12 Å². The van der Waals surface area contributed by atoms with Gasteiger partial charge < -0.3 is 15.2 Å². The van der Waals surface area contributed by atoms with Crippen molar-refractivity contribution >= 4 is 27.9 Å². The van der Waals surface area contributed by atoms with Gasteiger partial charge in [-0.25, -0.2) is 4.98 Å². The lowest BCUT2D eigenvalue weighted by Gasteiger charge is -2.02. The number of hydrogen-bond donors (Lipinski definition) is 3. The Labute approximate surface area is 124 Å². The monoisotopic (exact) mass is 300 g/mol. The zero-order chi connectivity index (χ0) is 14.8. The first-order valence-corrected chi connectivity index (χ1v) is 7.10. The predicted molar refractivity (Wildman–Crippen MR) is 80.4 cm³/mol. The molecule has 0 saturated carbocycles. The molecule has 3 N–H and O–H groups in total. The molecule has 1 heterocycles. The van der Waals surface area contributed by atoms with Crippen molar-refractivity contribution in [3.05, 3.63) is 48.0 Å². The highest BCUT2D eigenvalue weighted by Crippen LogP contribution is 2.27. The van der Waals surface area contributed by atoms with E-state index < -0.39 is 0 Å². The Balaban J connectivity index is 1.72. The van der Waals surface area contributed by atoms with E-state index in [0.29, 0.717) is 10.7 Å². The number of aromatic nitrogens is 2. The van der Waals surface area contributed by atoms with E-state index in [0.717, 1.165) is 22.8 Å². The van der Waals surface area contributed by atoms with E-state index in [-0.39, 0.29) is 23.0 Å². The molecule has 0 amide bonds. The van der Waals surface area contributed by atoms with E-state index in [1.54, 1.807) is 6.07 Å². The van der Waals surface area contributed by atoms with Crippen molar-refractivity contribution in [2.24, 2.45) is 0 Å². The van der Waals surface area contributed by atoms with E-state index in [2.05, 4.69) is 9.97 Å². The van der Waals surface area contributed by atoms with Gasteiger partial charge in [0.1, 0.15) is 0 Å². The van der Waals surface area contributed by atoms with Gasteiger partial charge in [-0.05, 0) is 41.6 Å². The molecule has 3 aromatic rings. The maximum atomic E-state index is 12.0. The molecule has 0 atom stereocenters. The van der Waals surface area contributed by atoms with Crippen LogP contribution in [0.4, 0.5) is 0 Å². The average molecular weight is 300 g/mol. The lowest BCUT2D eigenvalue weighted by atomic mass is 10.1. The van der Waals surface area contributed by atoms with E-state index in [4.69, 9.17) is 0 Å². The van der Waals surface area contributed by atoms with Crippen LogP contribution in [-0.2, 0) is 11.2 Å². The van der Waals surface area contributed by atoms with Gasteiger partial charge in [-0.2, -0.15) is 0 Å². The number of nitrogens with zero attached hydrogens (tertiary/aromatic N) is 1. The van der Waals surface area contributed by atoms with Crippen molar-refractivity contribution in [3.63, 3.8) is 0 Å². The Morgan fingerprint density at radius 1 is 1.14 bits per heavy atom. The van der Waals surface area contributed by atoms with Crippen LogP contribution in [0.25, 0.3) is 11.0 Å². The molecule has 0 bridgehead atoms. The second-order valence-electron chi connectivity index (χ2n) is 4.53. The highest BCUT2D eigenvalue weighted by atomic mass is 32.2. The van der Waals surface area contributed by atoms with Gasteiger partial charge in [0.15, 0.2) is 16.7 Å². The number of aromatic hydroxyl groups is 2. The van der Waals surface area contributed by atoms with Crippen LogP contribution in [-0.4, -0.2) is 25.3 Å². The number of phenols is 2. The zero-order valence-electron chi connectivity index (χ0n) is 10.9. The van der Waals surface area contributed by atoms with Gasteiger partial charge in [0.25, 0.3) is 0 Å². The smallest absolute Gasteiger partial charge is 0.200 e. The van der Waals surface area contributed by atoms with Crippen molar-refractivity contribution in [1.29, 1.82) is 0 Å². The molecule has 2 aromatic carbocycles. The number of rotatable bonds is 3. The van der Waals surface area contributed by atoms with Crippen LogP contribution in [0, 0.1) is 0 Å². The van der Waals surface area contributed by atoms with Crippen LogP contribution >= 0.6 is 11.8 Å². The third-order valence-electron chi connectivity index (χ3n) is 2.97. The quantitative estimate of drug-likeness (QED) is 0.511. The van der Waals surface area contributed by atoms with Crippen molar-refractivity contribution in [2.75, 3.05) is 0 Å². The summed E-state index contributed by atoms with van der Waals surface area (Å²) in [6, 6.07) is 11.9. The van der Waals surface area contributed by atoms with Crippen molar-refractivity contribution in [2.45, 2.75) is 11.6 Å². The fourth-order valence-electron chi connectivity index (χ4n) is 1.97. The summed E-state index contributed by atoms with van der Waals surface area (Å²) in [5, 5.41) is 19.1. The van der Waals surface area contributed by atoms with Crippen molar-refractivity contribution in [3.8, 4) is 11.5 Å². The molecule has 1 aromatic heterocycles. The maximum absolute atomic E-state index is 12.0. The fraction of sp³-hybridized carbons (Fsp3) is 0.0667. The number of aromatic amines is 1. The maximum Gasteiger partial charge on any atom is 0.200 e. The van der Waals surface area contributed by atoms with Gasteiger partial charge in [-0.1, -0.05) is 18.2 Å². The largest absolute Gasteiger partial charge is 0.504 e. The number of imidazole rings is 1. The number of phenolic OH excluding ortho intramolecular Hbond substituents is 2. The summed E-state index contributed by atoms with van der Waals surface area (Å²) >= 11 is 1.02. The van der Waals surface area contributed by atoms with Crippen LogP contribution in [0.5, 0.6) is 11.5 Å². The lowest BCUT2D eigenvalue weighted by molar-refractivity contribution is -0.110. The molecule has 0 unspecified atom stereocenters. The van der Waals surface area contributed by atoms with Crippen LogP contribution in [0.3, 0.4) is 0 Å². The summed E-state index contributed by atoms with van der Waals surface area (Å²) in [5.74, 6) is -0.426. The summed E-state index contributed by atoms with van der Waals surface area (Å²) < 4.78 is 0. The molecule has 0 aliphatic rings. The molecule has 0 spiro atoms. The van der Waals surface area contributed by atoms with E-state index >= 15 is 0 Å². The molecule has 3 rings (SSSR count). The number of H-pyrrole nitrogens is 1. The molecule has 0 aliphatic heterocycles. The second-order valence-corrected chi connectivity index (χ2v) is 5.58.